The highest BCUT2D eigenvalue weighted by Gasteiger charge is 2.07. The Hall–Kier alpha value is -2.40. The second kappa shape index (κ2) is 5.93. The highest BCUT2D eigenvalue weighted by molar-refractivity contribution is 5.35. The Balaban J connectivity index is 1.66. The largest absolute Gasteiger partial charge is 0.350 e. The number of benzene rings is 1. The average molecular weight is 282 g/mol. The standard InChI is InChI=1S/C16H18N4O/c1-18(13-14-7-3-2-4-8-14)11-12-20-16(21)19-10-6-5-9-15(19)17-20/h2-10H,11-13H2,1H3. The maximum absolute atomic E-state index is 12.1. The molecule has 5 heteroatoms. The van der Waals surface area contributed by atoms with Crippen LogP contribution in [-0.4, -0.2) is 32.7 Å². The van der Waals surface area contributed by atoms with E-state index in [0.29, 0.717) is 12.2 Å². The summed E-state index contributed by atoms with van der Waals surface area (Å²) in [6, 6.07) is 15.9. The minimum atomic E-state index is -0.0845. The van der Waals surface area contributed by atoms with E-state index in [-0.39, 0.29) is 5.69 Å². The summed E-state index contributed by atoms with van der Waals surface area (Å²) in [5, 5.41) is 4.33. The van der Waals surface area contributed by atoms with Crippen molar-refractivity contribution in [1.82, 2.24) is 19.1 Å². The van der Waals surface area contributed by atoms with Crippen LogP contribution in [0.3, 0.4) is 0 Å². The summed E-state index contributed by atoms with van der Waals surface area (Å²) >= 11 is 0. The van der Waals surface area contributed by atoms with Gasteiger partial charge in [0.1, 0.15) is 0 Å². The van der Waals surface area contributed by atoms with Gasteiger partial charge in [0.25, 0.3) is 0 Å². The number of likely N-dealkylation sites (N-methyl/N-ethyl adjacent to an activating group) is 1. The van der Waals surface area contributed by atoms with E-state index >= 15 is 0 Å². The Morgan fingerprint density at radius 3 is 2.62 bits per heavy atom. The first-order valence-electron chi connectivity index (χ1n) is 7.01. The van der Waals surface area contributed by atoms with Gasteiger partial charge in [-0.1, -0.05) is 36.4 Å². The van der Waals surface area contributed by atoms with Crippen molar-refractivity contribution in [3.05, 3.63) is 70.8 Å². The zero-order valence-electron chi connectivity index (χ0n) is 12.0. The van der Waals surface area contributed by atoms with Gasteiger partial charge in [-0.2, -0.15) is 0 Å². The van der Waals surface area contributed by atoms with Gasteiger partial charge in [0, 0.05) is 19.3 Å². The smallest absolute Gasteiger partial charge is 0.300 e. The molecule has 3 aromatic rings. The SMILES string of the molecule is CN(CCn1nc2ccccn2c1=O)Cc1ccccc1. The third-order valence-electron chi connectivity index (χ3n) is 3.48. The summed E-state index contributed by atoms with van der Waals surface area (Å²) < 4.78 is 3.09. The van der Waals surface area contributed by atoms with Crippen LogP contribution in [0, 0.1) is 0 Å². The lowest BCUT2D eigenvalue weighted by atomic mass is 10.2. The van der Waals surface area contributed by atoms with Crippen molar-refractivity contribution in [1.29, 1.82) is 0 Å². The van der Waals surface area contributed by atoms with E-state index in [0.717, 1.165) is 13.1 Å². The molecule has 21 heavy (non-hydrogen) atoms. The van der Waals surface area contributed by atoms with Crippen LogP contribution in [0.5, 0.6) is 0 Å². The van der Waals surface area contributed by atoms with Crippen molar-refractivity contribution < 1.29 is 0 Å². The lowest BCUT2D eigenvalue weighted by molar-refractivity contribution is 0.303. The summed E-state index contributed by atoms with van der Waals surface area (Å²) in [4.78, 5) is 14.3. The Labute approximate surface area is 123 Å². The first kappa shape index (κ1) is 13.6. The molecule has 5 nitrogen and oxygen atoms in total. The summed E-state index contributed by atoms with van der Waals surface area (Å²) in [5.74, 6) is 0. The second-order valence-electron chi connectivity index (χ2n) is 5.16. The highest BCUT2D eigenvalue weighted by atomic mass is 16.2. The van der Waals surface area contributed by atoms with Gasteiger partial charge in [-0.15, -0.1) is 5.10 Å². The summed E-state index contributed by atoms with van der Waals surface area (Å²) in [6.45, 7) is 2.23. The second-order valence-corrected chi connectivity index (χ2v) is 5.16. The van der Waals surface area contributed by atoms with E-state index in [1.54, 1.807) is 10.6 Å². The molecular weight excluding hydrogens is 264 g/mol. The molecule has 2 aromatic heterocycles. The van der Waals surface area contributed by atoms with Crippen LogP contribution in [0.1, 0.15) is 5.56 Å². The van der Waals surface area contributed by atoms with Crippen molar-refractivity contribution in [3.8, 4) is 0 Å². The van der Waals surface area contributed by atoms with Gasteiger partial charge in [-0.05, 0) is 24.7 Å². The molecule has 0 fully saturated rings. The third kappa shape index (κ3) is 3.03. The molecule has 0 aliphatic rings. The highest BCUT2D eigenvalue weighted by Crippen LogP contribution is 2.02. The van der Waals surface area contributed by atoms with Crippen LogP contribution in [-0.2, 0) is 13.1 Å². The topological polar surface area (TPSA) is 42.5 Å². The molecule has 0 saturated carbocycles. The van der Waals surface area contributed by atoms with E-state index < -0.39 is 0 Å². The Bertz CT molecular complexity index is 776. The minimum Gasteiger partial charge on any atom is -0.300 e. The molecule has 3 rings (SSSR count). The van der Waals surface area contributed by atoms with Gasteiger partial charge < -0.3 is 4.90 Å². The predicted molar refractivity (Wildman–Crippen MR) is 82.2 cm³/mol. The number of nitrogens with zero attached hydrogens (tertiary/aromatic N) is 4. The number of pyridine rings is 1. The van der Waals surface area contributed by atoms with Crippen LogP contribution in [0.15, 0.2) is 59.5 Å². The van der Waals surface area contributed by atoms with Crippen LogP contribution < -0.4 is 5.69 Å². The molecule has 0 unspecified atom stereocenters. The first-order valence-corrected chi connectivity index (χ1v) is 7.01. The van der Waals surface area contributed by atoms with Crippen molar-refractivity contribution in [2.75, 3.05) is 13.6 Å². The predicted octanol–water partition coefficient (Wildman–Crippen LogP) is 1.63. The molecule has 0 aliphatic heterocycles. The maximum atomic E-state index is 12.1. The summed E-state index contributed by atoms with van der Waals surface area (Å²) in [7, 11) is 2.05. The molecular formula is C16H18N4O. The van der Waals surface area contributed by atoms with E-state index in [2.05, 4.69) is 22.1 Å². The summed E-state index contributed by atoms with van der Waals surface area (Å²) in [5.41, 5.74) is 1.87. The lowest BCUT2D eigenvalue weighted by Crippen LogP contribution is -2.28. The zero-order chi connectivity index (χ0) is 14.7. The molecule has 0 N–H and O–H groups in total. The Morgan fingerprint density at radius 2 is 1.86 bits per heavy atom. The fraction of sp³-hybridized carbons (Fsp3) is 0.250. The first-order chi connectivity index (χ1) is 10.2. The number of aromatic nitrogens is 3. The van der Waals surface area contributed by atoms with Crippen molar-refractivity contribution in [3.63, 3.8) is 0 Å². The number of rotatable bonds is 5. The average Bonchev–Trinajstić information content (AvgIpc) is 2.83. The molecule has 0 spiro atoms. The minimum absolute atomic E-state index is 0.0845. The van der Waals surface area contributed by atoms with E-state index in [9.17, 15) is 4.79 Å². The molecule has 108 valence electrons. The molecule has 2 heterocycles. The number of fused-ring (bicyclic) bond motifs is 1. The molecule has 0 radical (unpaired) electrons. The zero-order valence-corrected chi connectivity index (χ0v) is 12.0. The van der Waals surface area contributed by atoms with Gasteiger partial charge in [0.2, 0.25) is 0 Å². The third-order valence-corrected chi connectivity index (χ3v) is 3.48. The molecule has 0 aliphatic carbocycles. The van der Waals surface area contributed by atoms with E-state index in [1.807, 2.05) is 43.4 Å². The van der Waals surface area contributed by atoms with Gasteiger partial charge in [-0.3, -0.25) is 4.40 Å². The van der Waals surface area contributed by atoms with Crippen LogP contribution in [0.2, 0.25) is 0 Å². The monoisotopic (exact) mass is 282 g/mol. The normalized spacial score (nSPS) is 11.3. The van der Waals surface area contributed by atoms with Gasteiger partial charge in [0.15, 0.2) is 5.65 Å². The molecule has 1 aromatic carbocycles. The van der Waals surface area contributed by atoms with E-state index in [1.165, 1.54) is 10.2 Å². The van der Waals surface area contributed by atoms with Gasteiger partial charge in [0.05, 0.1) is 6.54 Å². The van der Waals surface area contributed by atoms with Crippen LogP contribution >= 0.6 is 0 Å². The fourth-order valence-electron chi connectivity index (χ4n) is 2.35. The van der Waals surface area contributed by atoms with Crippen molar-refractivity contribution >= 4 is 5.65 Å². The quantitative estimate of drug-likeness (QED) is 0.714. The lowest BCUT2D eigenvalue weighted by Gasteiger charge is -2.16. The number of hydrogen-bond donors (Lipinski definition) is 0. The molecule has 0 bridgehead atoms. The fourth-order valence-corrected chi connectivity index (χ4v) is 2.35. The molecule has 0 amide bonds. The Kier molecular flexibility index (Phi) is 3.83. The molecule has 0 atom stereocenters. The van der Waals surface area contributed by atoms with E-state index in [4.69, 9.17) is 0 Å². The van der Waals surface area contributed by atoms with Crippen LogP contribution in [0.4, 0.5) is 0 Å². The summed E-state index contributed by atoms with van der Waals surface area (Å²) in [6.07, 6.45) is 1.74. The Morgan fingerprint density at radius 1 is 1.10 bits per heavy atom. The maximum Gasteiger partial charge on any atom is 0.350 e. The van der Waals surface area contributed by atoms with Gasteiger partial charge >= 0.3 is 5.69 Å². The van der Waals surface area contributed by atoms with Gasteiger partial charge in [-0.25, -0.2) is 9.48 Å². The molecule has 0 saturated heterocycles. The number of hydrogen-bond acceptors (Lipinski definition) is 3. The van der Waals surface area contributed by atoms with Crippen molar-refractivity contribution in [2.45, 2.75) is 13.1 Å². The van der Waals surface area contributed by atoms with Crippen LogP contribution in [0.25, 0.3) is 5.65 Å². The van der Waals surface area contributed by atoms with Crippen molar-refractivity contribution in [2.24, 2.45) is 0 Å².